The van der Waals surface area contributed by atoms with Crippen molar-refractivity contribution in [1.29, 1.82) is 0 Å². The molecule has 5 rings (SSSR count). The maximum atomic E-state index is 6.53. The first-order valence-electron chi connectivity index (χ1n) is 13.5. The van der Waals surface area contributed by atoms with Crippen LogP contribution >= 0.6 is 16.5 Å². The van der Waals surface area contributed by atoms with Crippen molar-refractivity contribution in [3.63, 3.8) is 0 Å². The molecule has 0 spiro atoms. The molecule has 1 nitrogen and oxygen atoms in total. The molecule has 1 atom stereocenters. The van der Waals surface area contributed by atoms with Gasteiger partial charge in [-0.05, 0) is 59.7 Å². The third-order valence-corrected chi connectivity index (χ3v) is 11.6. The van der Waals surface area contributed by atoms with Crippen molar-refractivity contribution in [2.24, 2.45) is 0 Å². The van der Waals surface area contributed by atoms with Crippen LogP contribution in [-0.4, -0.2) is 0 Å². The largest absolute Gasteiger partial charge is 0.488 e. The summed E-state index contributed by atoms with van der Waals surface area (Å²) in [6, 6.07) is 45.9. The van der Waals surface area contributed by atoms with Crippen LogP contribution in [0.5, 0.6) is 5.75 Å². The van der Waals surface area contributed by atoms with E-state index >= 15 is 0 Å². The van der Waals surface area contributed by atoms with Gasteiger partial charge in [-0.1, -0.05) is 150 Å². The zero-order chi connectivity index (χ0) is 27.2. The van der Waals surface area contributed by atoms with Crippen LogP contribution in [0.2, 0.25) is 0 Å². The van der Waals surface area contributed by atoms with E-state index in [0.29, 0.717) is 15.2 Å². The van der Waals surface area contributed by atoms with Gasteiger partial charge in [-0.25, -0.2) is 0 Å². The quantitative estimate of drug-likeness (QED) is 0.171. The first-order chi connectivity index (χ1) is 18.9. The monoisotopic (exact) mass is 546 g/mol. The van der Waals surface area contributed by atoms with Gasteiger partial charge in [0.2, 0.25) is 0 Å². The summed E-state index contributed by atoms with van der Waals surface area (Å²) < 4.78 is 6.53. The van der Waals surface area contributed by atoms with Crippen LogP contribution in [-0.2, 0) is 11.8 Å². The number of para-hydroxylation sites is 1. The van der Waals surface area contributed by atoms with Crippen molar-refractivity contribution in [1.82, 2.24) is 0 Å². The van der Waals surface area contributed by atoms with Crippen molar-refractivity contribution in [3.05, 3.63) is 150 Å². The third-order valence-electron chi connectivity index (χ3n) is 7.07. The standard InChI is InChI=1S/C36H36OP2/c1-27-16-14-24-32(34(27)37-26-29-18-8-5-9-19-29)36(3,4)38-35-28(2)17-15-25-33(35)39(30-20-10-6-11-21-30)31-22-12-7-13-23-31/h5-25,38H,26H2,1-4H3. The Bertz CT molecular complexity index is 1470. The SMILES string of the molecule is Cc1cccc(C(C)(C)Pc2c(C)cccc2P(c2ccccc2)c2ccccc2)c1OCc1ccccc1. The van der Waals surface area contributed by atoms with E-state index < -0.39 is 7.92 Å². The van der Waals surface area contributed by atoms with E-state index in [-0.39, 0.29) is 5.16 Å². The topological polar surface area (TPSA) is 9.23 Å². The van der Waals surface area contributed by atoms with Crippen molar-refractivity contribution in [2.75, 3.05) is 0 Å². The summed E-state index contributed by atoms with van der Waals surface area (Å²) in [7, 11) is -0.0913. The lowest BCUT2D eigenvalue weighted by atomic mass is 9.98. The second-order valence-corrected chi connectivity index (χ2v) is 14.6. The third kappa shape index (κ3) is 6.33. The summed E-state index contributed by atoms with van der Waals surface area (Å²) in [4.78, 5) is 0. The molecule has 3 heteroatoms. The van der Waals surface area contributed by atoms with Crippen LogP contribution in [0.3, 0.4) is 0 Å². The molecule has 0 saturated carbocycles. The highest BCUT2D eigenvalue weighted by atomic mass is 31.1. The van der Waals surface area contributed by atoms with Crippen LogP contribution < -0.4 is 26.0 Å². The number of rotatable bonds is 9. The fourth-order valence-corrected chi connectivity index (χ4v) is 9.41. The predicted octanol–water partition coefficient (Wildman–Crippen LogP) is 7.88. The van der Waals surface area contributed by atoms with Crippen molar-refractivity contribution >= 4 is 37.7 Å². The van der Waals surface area contributed by atoms with E-state index in [1.165, 1.54) is 43.5 Å². The predicted molar refractivity (Wildman–Crippen MR) is 173 cm³/mol. The Kier molecular flexibility index (Phi) is 8.62. The molecule has 196 valence electrons. The Morgan fingerprint density at radius 1 is 0.615 bits per heavy atom. The first-order valence-corrected chi connectivity index (χ1v) is 15.8. The molecule has 0 bridgehead atoms. The van der Waals surface area contributed by atoms with Gasteiger partial charge >= 0.3 is 0 Å². The minimum Gasteiger partial charge on any atom is -0.488 e. The molecule has 5 aromatic carbocycles. The fraction of sp³-hybridized carbons (Fsp3) is 0.167. The summed E-state index contributed by atoms with van der Waals surface area (Å²) in [6.07, 6.45) is 0. The lowest BCUT2D eigenvalue weighted by Gasteiger charge is -2.32. The second kappa shape index (κ2) is 12.3. The molecule has 0 N–H and O–H groups in total. The molecule has 0 heterocycles. The highest BCUT2D eigenvalue weighted by molar-refractivity contribution is 7.81. The highest BCUT2D eigenvalue weighted by Gasteiger charge is 2.29. The molecular formula is C36H36OP2. The van der Waals surface area contributed by atoms with Crippen LogP contribution in [0.25, 0.3) is 0 Å². The summed E-state index contributed by atoms with van der Waals surface area (Å²) >= 11 is 0. The average molecular weight is 547 g/mol. The molecule has 0 aromatic heterocycles. The van der Waals surface area contributed by atoms with Crippen LogP contribution in [0.1, 0.15) is 36.1 Å². The zero-order valence-electron chi connectivity index (χ0n) is 23.2. The molecule has 0 amide bonds. The van der Waals surface area contributed by atoms with Gasteiger partial charge in [0.1, 0.15) is 12.4 Å². The average Bonchev–Trinajstić information content (AvgIpc) is 2.96. The molecule has 5 aromatic rings. The maximum absolute atomic E-state index is 6.53. The summed E-state index contributed by atoms with van der Waals surface area (Å²) in [6.45, 7) is 9.75. The van der Waals surface area contributed by atoms with Crippen LogP contribution in [0.15, 0.2) is 127 Å². The molecular weight excluding hydrogens is 510 g/mol. The summed E-state index contributed by atoms with van der Waals surface area (Å²) in [5.74, 6) is 1.02. The van der Waals surface area contributed by atoms with Crippen molar-refractivity contribution in [3.8, 4) is 5.75 Å². The minimum atomic E-state index is -0.680. The van der Waals surface area contributed by atoms with E-state index in [4.69, 9.17) is 4.74 Å². The zero-order valence-corrected chi connectivity index (χ0v) is 25.1. The maximum Gasteiger partial charge on any atom is 0.126 e. The molecule has 0 aliphatic heterocycles. The Hall–Kier alpha value is -3.24. The van der Waals surface area contributed by atoms with Crippen molar-refractivity contribution < 1.29 is 4.74 Å². The molecule has 0 aliphatic carbocycles. The van der Waals surface area contributed by atoms with Gasteiger partial charge in [-0.15, -0.1) is 0 Å². The highest BCUT2D eigenvalue weighted by Crippen LogP contribution is 2.47. The fourth-order valence-electron chi connectivity index (χ4n) is 5.03. The molecule has 0 aliphatic rings. The van der Waals surface area contributed by atoms with Gasteiger partial charge in [0.05, 0.1) is 0 Å². The van der Waals surface area contributed by atoms with Gasteiger partial charge in [0.15, 0.2) is 0 Å². The van der Waals surface area contributed by atoms with Gasteiger partial charge in [-0.2, -0.15) is 0 Å². The second-order valence-electron chi connectivity index (χ2n) is 10.5. The Morgan fingerprint density at radius 3 is 1.77 bits per heavy atom. The molecule has 0 radical (unpaired) electrons. The Morgan fingerprint density at radius 2 is 1.15 bits per heavy atom. The normalized spacial score (nSPS) is 11.8. The minimum absolute atomic E-state index is 0.104. The van der Waals surface area contributed by atoms with Crippen LogP contribution in [0.4, 0.5) is 0 Å². The molecule has 0 fully saturated rings. The Balaban J connectivity index is 1.55. The molecule has 39 heavy (non-hydrogen) atoms. The van der Waals surface area contributed by atoms with E-state index in [2.05, 4.69) is 149 Å². The number of aryl methyl sites for hydroxylation is 2. The van der Waals surface area contributed by atoms with E-state index in [1.54, 1.807) is 0 Å². The van der Waals surface area contributed by atoms with Crippen LogP contribution in [0, 0.1) is 13.8 Å². The smallest absolute Gasteiger partial charge is 0.126 e. The lowest BCUT2D eigenvalue weighted by molar-refractivity contribution is 0.298. The number of hydrogen-bond donors (Lipinski definition) is 0. The Labute approximate surface area is 236 Å². The lowest BCUT2D eigenvalue weighted by Crippen LogP contribution is -2.32. The number of benzene rings is 5. The van der Waals surface area contributed by atoms with Crippen molar-refractivity contribution in [2.45, 2.75) is 39.5 Å². The van der Waals surface area contributed by atoms with Gasteiger partial charge in [0.25, 0.3) is 0 Å². The van der Waals surface area contributed by atoms with E-state index in [0.717, 1.165) is 5.75 Å². The molecule has 0 saturated heterocycles. The van der Waals surface area contributed by atoms with E-state index in [9.17, 15) is 0 Å². The van der Waals surface area contributed by atoms with Gasteiger partial charge < -0.3 is 4.74 Å². The number of ether oxygens (including phenoxy) is 1. The van der Waals surface area contributed by atoms with Gasteiger partial charge in [0, 0.05) is 10.7 Å². The molecule has 1 unspecified atom stereocenters. The number of hydrogen-bond acceptors (Lipinski definition) is 1. The van der Waals surface area contributed by atoms with Gasteiger partial charge in [-0.3, -0.25) is 0 Å². The summed E-state index contributed by atoms with van der Waals surface area (Å²) in [5.41, 5.74) is 5.00. The summed E-state index contributed by atoms with van der Waals surface area (Å²) in [5, 5.41) is 5.59. The first kappa shape index (κ1) is 27.3. The van der Waals surface area contributed by atoms with E-state index in [1.807, 2.05) is 6.07 Å².